The number of nitrogens with one attached hydrogen (secondary N) is 1. The molecule has 0 bridgehead atoms. The molecule has 0 radical (unpaired) electrons. The third kappa shape index (κ3) is 4.74. The zero-order valence-corrected chi connectivity index (χ0v) is 18.0. The predicted molar refractivity (Wildman–Crippen MR) is 116 cm³/mol. The van der Waals surface area contributed by atoms with Gasteiger partial charge in [0.25, 0.3) is 0 Å². The number of ether oxygens (including phenoxy) is 1. The Bertz CT molecular complexity index is 922. The normalized spacial score (nSPS) is 20.6. The van der Waals surface area contributed by atoms with E-state index in [-0.39, 0.29) is 43.8 Å². The number of para-hydroxylation sites is 1. The highest BCUT2D eigenvalue weighted by atomic mass is 16.5. The molecule has 32 heavy (non-hydrogen) atoms. The zero-order valence-electron chi connectivity index (χ0n) is 18.0. The lowest BCUT2D eigenvalue weighted by atomic mass is 10.1. The first-order valence-corrected chi connectivity index (χ1v) is 11.0. The fraction of sp³-hybridized carbons (Fsp3) is 0.500. The topological polar surface area (TPSA) is 112 Å². The van der Waals surface area contributed by atoms with E-state index < -0.39 is 23.8 Å². The molecule has 1 aliphatic carbocycles. The van der Waals surface area contributed by atoms with E-state index in [4.69, 9.17) is 4.74 Å². The largest absolute Gasteiger partial charge is 0.461 e. The van der Waals surface area contributed by atoms with Crippen LogP contribution in [-0.2, 0) is 23.9 Å². The maximum absolute atomic E-state index is 13.4. The first-order chi connectivity index (χ1) is 15.5. The second-order valence-electron chi connectivity index (χ2n) is 8.03. The summed E-state index contributed by atoms with van der Waals surface area (Å²) < 4.78 is 5.07. The van der Waals surface area contributed by atoms with Crippen LogP contribution in [0.1, 0.15) is 26.2 Å². The standard InChI is InChI=1S/C22H27N5O5/c1-2-32-22(31)17-14-18(27(24-17)16-6-4-3-5-7-16)20(29)25-10-12-26(13-11-25)21(30)19(28)23-15-8-9-15/h3-7,15,18H,2,8-14H2,1H3,(H,23,28). The van der Waals surface area contributed by atoms with Gasteiger partial charge >= 0.3 is 17.8 Å². The SMILES string of the molecule is CCOC(=O)C1=NN(c2ccccc2)C(C(=O)N2CCN(C(=O)C(=O)NC3CC3)CC2)C1. The van der Waals surface area contributed by atoms with E-state index in [1.165, 1.54) is 4.90 Å². The summed E-state index contributed by atoms with van der Waals surface area (Å²) in [5.74, 6) is -1.83. The fourth-order valence-corrected chi connectivity index (χ4v) is 3.82. The number of carbonyl (C=O) groups is 4. The maximum Gasteiger partial charge on any atom is 0.354 e. The lowest BCUT2D eigenvalue weighted by Crippen LogP contribution is -2.56. The number of amides is 3. The Balaban J connectivity index is 1.41. The Morgan fingerprint density at radius 3 is 2.31 bits per heavy atom. The van der Waals surface area contributed by atoms with Crippen molar-refractivity contribution in [2.45, 2.75) is 38.3 Å². The van der Waals surface area contributed by atoms with Crippen molar-refractivity contribution >= 4 is 35.1 Å². The Hall–Kier alpha value is -3.43. The molecule has 1 aromatic rings. The van der Waals surface area contributed by atoms with Crippen molar-refractivity contribution in [3.8, 4) is 0 Å². The number of benzene rings is 1. The minimum atomic E-state index is -0.669. The summed E-state index contributed by atoms with van der Waals surface area (Å²) in [5.41, 5.74) is 0.912. The molecule has 2 heterocycles. The molecule has 0 spiro atoms. The molecule has 1 aromatic carbocycles. The number of hydrogen-bond donors (Lipinski definition) is 1. The first kappa shape index (κ1) is 21.8. The number of nitrogens with zero attached hydrogens (tertiary/aromatic N) is 4. The van der Waals surface area contributed by atoms with Crippen LogP contribution in [0.3, 0.4) is 0 Å². The fourth-order valence-electron chi connectivity index (χ4n) is 3.82. The van der Waals surface area contributed by atoms with E-state index in [9.17, 15) is 19.2 Å². The Kier molecular flexibility index (Phi) is 6.38. The molecule has 2 aliphatic heterocycles. The number of hydrazone groups is 1. The highest BCUT2D eigenvalue weighted by Gasteiger charge is 2.40. The molecule has 170 valence electrons. The van der Waals surface area contributed by atoms with Crippen LogP contribution < -0.4 is 10.3 Å². The smallest absolute Gasteiger partial charge is 0.354 e. The number of anilines is 1. The third-order valence-electron chi connectivity index (χ3n) is 5.71. The quantitative estimate of drug-likeness (QED) is 0.514. The van der Waals surface area contributed by atoms with Gasteiger partial charge in [-0.05, 0) is 31.9 Å². The Morgan fingerprint density at radius 1 is 1.03 bits per heavy atom. The van der Waals surface area contributed by atoms with Crippen molar-refractivity contribution in [1.82, 2.24) is 15.1 Å². The van der Waals surface area contributed by atoms with Crippen LogP contribution in [0.25, 0.3) is 0 Å². The average molecular weight is 441 g/mol. The molecule has 1 N–H and O–H groups in total. The van der Waals surface area contributed by atoms with Gasteiger partial charge < -0.3 is 19.9 Å². The lowest BCUT2D eigenvalue weighted by Gasteiger charge is -2.36. The van der Waals surface area contributed by atoms with Crippen molar-refractivity contribution in [1.29, 1.82) is 0 Å². The minimum absolute atomic E-state index is 0.120. The minimum Gasteiger partial charge on any atom is -0.461 e. The maximum atomic E-state index is 13.4. The summed E-state index contributed by atoms with van der Waals surface area (Å²) in [6.45, 7) is 3.14. The Labute approximate surface area is 186 Å². The lowest BCUT2D eigenvalue weighted by molar-refractivity contribution is -0.148. The van der Waals surface area contributed by atoms with Crippen molar-refractivity contribution in [3.05, 3.63) is 30.3 Å². The van der Waals surface area contributed by atoms with Crippen molar-refractivity contribution in [2.75, 3.05) is 37.8 Å². The van der Waals surface area contributed by atoms with Gasteiger partial charge in [-0.2, -0.15) is 5.10 Å². The predicted octanol–water partition coefficient (Wildman–Crippen LogP) is 0.134. The Morgan fingerprint density at radius 2 is 1.69 bits per heavy atom. The number of hydrogen-bond acceptors (Lipinski definition) is 7. The van der Waals surface area contributed by atoms with Crippen LogP contribution in [0.5, 0.6) is 0 Å². The number of rotatable bonds is 5. The molecule has 1 unspecified atom stereocenters. The summed E-state index contributed by atoms with van der Waals surface area (Å²) >= 11 is 0. The summed E-state index contributed by atoms with van der Waals surface area (Å²) in [6.07, 6.45) is 1.97. The van der Waals surface area contributed by atoms with Crippen LogP contribution in [0.15, 0.2) is 35.4 Å². The zero-order chi connectivity index (χ0) is 22.7. The molecule has 1 atom stereocenters. The number of carbonyl (C=O) groups excluding carboxylic acids is 4. The highest BCUT2D eigenvalue weighted by Crippen LogP contribution is 2.26. The van der Waals surface area contributed by atoms with Crippen LogP contribution in [0.4, 0.5) is 5.69 Å². The molecule has 2 fully saturated rings. The summed E-state index contributed by atoms with van der Waals surface area (Å²) in [6, 6.07) is 8.64. The summed E-state index contributed by atoms with van der Waals surface area (Å²) in [7, 11) is 0. The van der Waals surface area contributed by atoms with Crippen molar-refractivity contribution in [3.63, 3.8) is 0 Å². The average Bonchev–Trinajstić information content (AvgIpc) is 3.52. The molecule has 3 aliphatic rings. The molecule has 1 saturated carbocycles. The van der Waals surface area contributed by atoms with E-state index >= 15 is 0 Å². The van der Waals surface area contributed by atoms with Gasteiger partial charge in [-0.25, -0.2) is 4.79 Å². The third-order valence-corrected chi connectivity index (χ3v) is 5.71. The van der Waals surface area contributed by atoms with Crippen molar-refractivity contribution < 1.29 is 23.9 Å². The van der Waals surface area contributed by atoms with Gasteiger partial charge in [-0.3, -0.25) is 19.4 Å². The molecular formula is C22H27N5O5. The van der Waals surface area contributed by atoms with Gasteiger partial charge in [-0.15, -0.1) is 0 Å². The van der Waals surface area contributed by atoms with Crippen LogP contribution in [0.2, 0.25) is 0 Å². The van der Waals surface area contributed by atoms with Gasteiger partial charge in [0.15, 0.2) is 0 Å². The van der Waals surface area contributed by atoms with E-state index in [1.807, 2.05) is 30.3 Å². The monoisotopic (exact) mass is 441 g/mol. The molecular weight excluding hydrogens is 414 g/mol. The van der Waals surface area contributed by atoms with Gasteiger partial charge in [0.2, 0.25) is 5.91 Å². The van der Waals surface area contributed by atoms with Gasteiger partial charge in [0, 0.05) is 38.6 Å². The molecule has 3 amide bonds. The van der Waals surface area contributed by atoms with Crippen molar-refractivity contribution in [2.24, 2.45) is 5.10 Å². The van der Waals surface area contributed by atoms with Gasteiger partial charge in [0.1, 0.15) is 11.8 Å². The molecule has 10 nitrogen and oxygen atoms in total. The highest BCUT2D eigenvalue weighted by molar-refractivity contribution is 6.38. The van der Waals surface area contributed by atoms with Crippen LogP contribution in [0, 0.1) is 0 Å². The van der Waals surface area contributed by atoms with E-state index in [2.05, 4.69) is 10.4 Å². The second kappa shape index (κ2) is 9.37. The summed E-state index contributed by atoms with van der Waals surface area (Å²) in [4.78, 5) is 53.1. The van der Waals surface area contributed by atoms with Crippen LogP contribution >= 0.6 is 0 Å². The second-order valence-corrected chi connectivity index (χ2v) is 8.03. The van der Waals surface area contributed by atoms with Crippen LogP contribution in [-0.4, -0.2) is 84.1 Å². The first-order valence-electron chi connectivity index (χ1n) is 11.0. The molecule has 4 rings (SSSR count). The molecule has 10 heteroatoms. The van der Waals surface area contributed by atoms with E-state index in [1.54, 1.807) is 16.8 Å². The molecule has 1 saturated heterocycles. The van der Waals surface area contributed by atoms with Gasteiger partial charge in [-0.1, -0.05) is 18.2 Å². The number of esters is 1. The number of piperazine rings is 1. The molecule has 0 aromatic heterocycles. The van der Waals surface area contributed by atoms with Gasteiger partial charge in [0.05, 0.1) is 12.3 Å². The van der Waals surface area contributed by atoms with E-state index in [0.29, 0.717) is 18.8 Å². The summed E-state index contributed by atoms with van der Waals surface area (Å²) in [5, 5.41) is 8.65. The van der Waals surface area contributed by atoms with E-state index in [0.717, 1.165) is 12.8 Å².